The summed E-state index contributed by atoms with van der Waals surface area (Å²) in [6.07, 6.45) is 0.972. The Labute approximate surface area is 147 Å². The highest BCUT2D eigenvalue weighted by Crippen LogP contribution is 2.45. The van der Waals surface area contributed by atoms with Crippen LogP contribution in [0.3, 0.4) is 0 Å². The van der Waals surface area contributed by atoms with E-state index in [1.807, 2.05) is 12.1 Å². The van der Waals surface area contributed by atoms with Crippen LogP contribution in [0.1, 0.15) is 31.1 Å². The molecule has 0 saturated heterocycles. The van der Waals surface area contributed by atoms with Gasteiger partial charge in [-0.2, -0.15) is 8.42 Å². The van der Waals surface area contributed by atoms with E-state index in [-0.39, 0.29) is 11.6 Å². The average Bonchev–Trinajstić information content (AvgIpc) is 3.06. The van der Waals surface area contributed by atoms with E-state index in [4.69, 9.17) is 4.18 Å². The van der Waals surface area contributed by atoms with Gasteiger partial charge in [-0.25, -0.2) is 0 Å². The molecule has 2 aliphatic heterocycles. The third-order valence-electron chi connectivity index (χ3n) is 4.67. The Morgan fingerprint density at radius 2 is 1.68 bits per heavy atom. The number of anilines is 3. The second-order valence-electron chi connectivity index (χ2n) is 7.26. The molecule has 2 aromatic carbocycles. The molecule has 2 aromatic rings. The molecule has 25 heavy (non-hydrogen) atoms. The molecule has 0 aliphatic carbocycles. The van der Waals surface area contributed by atoms with E-state index in [0.717, 1.165) is 29.7 Å². The predicted molar refractivity (Wildman–Crippen MR) is 99.9 cm³/mol. The van der Waals surface area contributed by atoms with Crippen LogP contribution in [0, 0.1) is 0 Å². The summed E-state index contributed by atoms with van der Waals surface area (Å²) in [5.74, 6) is 0.312. The summed E-state index contributed by atoms with van der Waals surface area (Å²) in [6.45, 7) is 5.41. The molecule has 0 bridgehead atoms. The summed E-state index contributed by atoms with van der Waals surface area (Å²) >= 11 is 0. The van der Waals surface area contributed by atoms with Gasteiger partial charge in [0.05, 0.1) is 17.6 Å². The Kier molecular flexibility index (Phi) is 3.40. The van der Waals surface area contributed by atoms with Crippen LogP contribution in [0.2, 0.25) is 0 Å². The monoisotopic (exact) mass is 359 g/mol. The molecule has 132 valence electrons. The maximum atomic E-state index is 11.2. The number of hydrogen-bond donors (Lipinski definition) is 3. The van der Waals surface area contributed by atoms with Gasteiger partial charge >= 0.3 is 10.1 Å². The fourth-order valence-corrected chi connectivity index (χ4v) is 3.82. The molecule has 0 aromatic heterocycles. The fraction of sp³-hybridized carbons (Fsp3) is 0.333. The molecular weight excluding hydrogens is 338 g/mol. The fourth-order valence-electron chi connectivity index (χ4n) is 3.36. The van der Waals surface area contributed by atoms with Crippen LogP contribution < -0.4 is 20.1 Å². The minimum absolute atomic E-state index is 0.0621. The minimum Gasteiger partial charge on any atom is -0.384 e. The highest BCUT2D eigenvalue weighted by molar-refractivity contribution is 7.86. The second kappa shape index (κ2) is 5.29. The van der Waals surface area contributed by atoms with Crippen LogP contribution in [-0.4, -0.2) is 21.2 Å². The molecule has 3 N–H and O–H groups in total. The van der Waals surface area contributed by atoms with E-state index in [0.29, 0.717) is 5.75 Å². The molecule has 0 spiro atoms. The molecule has 2 aliphatic rings. The van der Waals surface area contributed by atoms with Crippen molar-refractivity contribution in [3.8, 4) is 5.75 Å². The second-order valence-corrected chi connectivity index (χ2v) is 8.83. The normalized spacial score (nSPS) is 20.0. The summed E-state index contributed by atoms with van der Waals surface area (Å²) < 4.78 is 27.3. The zero-order valence-electron chi connectivity index (χ0n) is 14.4. The van der Waals surface area contributed by atoms with E-state index in [2.05, 4.69) is 41.9 Å². The molecule has 0 radical (unpaired) electrons. The lowest BCUT2D eigenvalue weighted by molar-refractivity contribution is 0.493. The van der Waals surface area contributed by atoms with Gasteiger partial charge in [0, 0.05) is 17.6 Å². The van der Waals surface area contributed by atoms with Crippen molar-refractivity contribution in [2.24, 2.45) is 0 Å². The summed E-state index contributed by atoms with van der Waals surface area (Å²) in [5, 5.41) is 10.4. The van der Waals surface area contributed by atoms with Crippen molar-refractivity contribution in [3.05, 3.63) is 47.5 Å². The molecule has 0 amide bonds. The molecule has 6 nitrogen and oxygen atoms in total. The van der Waals surface area contributed by atoms with Gasteiger partial charge in [-0.1, -0.05) is 26.0 Å². The first-order valence-corrected chi connectivity index (χ1v) is 9.98. The SMILES string of the molecule is CC1(C)CNc2cc3c(cc21)NC(c1ccc(OS(C)(=O)=O)cc1)N3. The Morgan fingerprint density at radius 3 is 2.32 bits per heavy atom. The van der Waals surface area contributed by atoms with Crippen molar-refractivity contribution in [3.63, 3.8) is 0 Å². The maximum Gasteiger partial charge on any atom is 0.306 e. The molecule has 2 heterocycles. The number of nitrogens with one attached hydrogen (secondary N) is 3. The van der Waals surface area contributed by atoms with Crippen LogP contribution in [0.4, 0.5) is 17.1 Å². The van der Waals surface area contributed by atoms with Crippen LogP contribution in [0.5, 0.6) is 5.75 Å². The lowest BCUT2D eigenvalue weighted by atomic mass is 9.86. The Hall–Kier alpha value is -2.41. The summed E-state index contributed by atoms with van der Waals surface area (Å²) in [6, 6.07) is 11.4. The Balaban J connectivity index is 1.56. The predicted octanol–water partition coefficient (Wildman–Crippen LogP) is 3.26. The highest BCUT2D eigenvalue weighted by Gasteiger charge is 2.32. The van der Waals surface area contributed by atoms with Crippen LogP contribution in [0.25, 0.3) is 0 Å². The van der Waals surface area contributed by atoms with E-state index in [1.165, 1.54) is 11.3 Å². The number of hydrogen-bond acceptors (Lipinski definition) is 6. The van der Waals surface area contributed by atoms with E-state index in [9.17, 15) is 8.42 Å². The largest absolute Gasteiger partial charge is 0.384 e. The van der Waals surface area contributed by atoms with Crippen molar-refractivity contribution >= 4 is 27.2 Å². The maximum absolute atomic E-state index is 11.2. The number of rotatable bonds is 3. The van der Waals surface area contributed by atoms with Gasteiger partial charge in [0.2, 0.25) is 0 Å². The van der Waals surface area contributed by atoms with Crippen molar-refractivity contribution in [1.82, 2.24) is 0 Å². The molecule has 1 atom stereocenters. The Morgan fingerprint density at radius 1 is 1.04 bits per heavy atom. The lowest BCUT2D eigenvalue weighted by Gasteiger charge is -2.17. The van der Waals surface area contributed by atoms with Gasteiger partial charge in [0.25, 0.3) is 0 Å². The summed E-state index contributed by atoms with van der Waals surface area (Å²) in [7, 11) is -3.51. The van der Waals surface area contributed by atoms with Crippen molar-refractivity contribution in [2.45, 2.75) is 25.4 Å². The Bertz CT molecular complexity index is 937. The third-order valence-corrected chi connectivity index (χ3v) is 5.16. The van der Waals surface area contributed by atoms with E-state index >= 15 is 0 Å². The zero-order chi connectivity index (χ0) is 17.8. The minimum atomic E-state index is -3.51. The molecule has 0 saturated carbocycles. The van der Waals surface area contributed by atoms with Crippen molar-refractivity contribution in [1.29, 1.82) is 0 Å². The summed E-state index contributed by atoms with van der Waals surface area (Å²) in [4.78, 5) is 0. The number of benzene rings is 2. The quantitative estimate of drug-likeness (QED) is 0.730. The van der Waals surface area contributed by atoms with E-state index < -0.39 is 10.1 Å². The zero-order valence-corrected chi connectivity index (χ0v) is 15.2. The van der Waals surface area contributed by atoms with Crippen LogP contribution in [-0.2, 0) is 15.5 Å². The van der Waals surface area contributed by atoms with E-state index in [1.54, 1.807) is 12.1 Å². The van der Waals surface area contributed by atoms with Gasteiger partial charge in [-0.05, 0) is 35.4 Å². The average molecular weight is 359 g/mol. The number of fused-ring (bicyclic) bond motifs is 2. The first-order valence-electron chi connectivity index (χ1n) is 8.16. The first-order chi connectivity index (χ1) is 11.7. The van der Waals surface area contributed by atoms with Crippen molar-refractivity contribution in [2.75, 3.05) is 28.8 Å². The smallest absolute Gasteiger partial charge is 0.306 e. The molecule has 1 unspecified atom stereocenters. The third kappa shape index (κ3) is 3.00. The van der Waals surface area contributed by atoms with Crippen LogP contribution >= 0.6 is 0 Å². The molecular formula is C18H21N3O3S. The van der Waals surface area contributed by atoms with Gasteiger partial charge < -0.3 is 20.1 Å². The van der Waals surface area contributed by atoms with Gasteiger partial charge in [0.15, 0.2) is 0 Å². The highest BCUT2D eigenvalue weighted by atomic mass is 32.2. The standard InChI is InChI=1S/C18H21N3O3S/c1-18(2)10-19-14-9-16-15(8-13(14)18)20-17(21-16)11-4-6-12(7-5-11)24-25(3,22)23/h4-9,17,19-21H,10H2,1-3H3. The van der Waals surface area contributed by atoms with Gasteiger partial charge in [0.1, 0.15) is 11.9 Å². The molecule has 7 heteroatoms. The first kappa shape index (κ1) is 16.1. The lowest BCUT2D eigenvalue weighted by Crippen LogP contribution is -2.19. The van der Waals surface area contributed by atoms with Gasteiger partial charge in [-0.15, -0.1) is 0 Å². The van der Waals surface area contributed by atoms with Crippen molar-refractivity contribution < 1.29 is 12.6 Å². The molecule has 4 rings (SSSR count). The van der Waals surface area contributed by atoms with Crippen LogP contribution in [0.15, 0.2) is 36.4 Å². The summed E-state index contributed by atoms with van der Waals surface area (Å²) in [5.41, 5.74) is 5.76. The topological polar surface area (TPSA) is 79.5 Å². The molecule has 0 fully saturated rings. The van der Waals surface area contributed by atoms with Gasteiger partial charge in [-0.3, -0.25) is 0 Å².